The molecule has 4 nitrogen and oxygen atoms in total. The molecule has 0 fully saturated rings. The Morgan fingerprint density at radius 2 is 2.00 bits per heavy atom. The summed E-state index contributed by atoms with van der Waals surface area (Å²) in [5.41, 5.74) is 0.912. The van der Waals surface area contributed by atoms with E-state index in [2.05, 4.69) is 26.0 Å². The van der Waals surface area contributed by atoms with Crippen molar-refractivity contribution in [2.75, 3.05) is 13.6 Å². The first-order valence-electron chi connectivity index (χ1n) is 5.30. The quantitative estimate of drug-likeness (QED) is 0.848. The fourth-order valence-corrected chi connectivity index (χ4v) is 3.41. The van der Waals surface area contributed by atoms with Crippen LogP contribution in [0, 0.1) is 6.92 Å². The Kier molecular flexibility index (Phi) is 7.39. The van der Waals surface area contributed by atoms with E-state index in [1.165, 1.54) is 0 Å². The molecule has 1 aromatic rings. The Morgan fingerprint density at radius 3 is 2.56 bits per heavy atom. The molecule has 0 bridgehead atoms. The van der Waals surface area contributed by atoms with E-state index in [4.69, 9.17) is 0 Å². The third-order valence-electron chi connectivity index (χ3n) is 2.45. The average molecular weight is 358 g/mol. The fraction of sp³-hybridized carbons (Fsp3) is 0.455. The van der Waals surface area contributed by atoms with E-state index in [-0.39, 0.29) is 23.3 Å². The van der Waals surface area contributed by atoms with Crippen molar-refractivity contribution in [1.82, 2.24) is 10.0 Å². The minimum absolute atomic E-state index is 0. The van der Waals surface area contributed by atoms with Crippen molar-refractivity contribution in [3.8, 4) is 0 Å². The summed E-state index contributed by atoms with van der Waals surface area (Å²) in [4.78, 5) is 0.279. The van der Waals surface area contributed by atoms with E-state index < -0.39 is 10.0 Å². The summed E-state index contributed by atoms with van der Waals surface area (Å²) in [5.74, 6) is 0. The lowest BCUT2D eigenvalue weighted by Gasteiger charge is -2.13. The van der Waals surface area contributed by atoms with E-state index in [0.29, 0.717) is 11.0 Å². The number of nitrogens with one attached hydrogen (secondary N) is 2. The zero-order valence-corrected chi connectivity index (χ0v) is 13.7. The number of likely N-dealkylation sites (N-methyl/N-ethyl adjacent to an activating group) is 1. The van der Waals surface area contributed by atoms with Gasteiger partial charge in [0.25, 0.3) is 0 Å². The number of halogens is 2. The number of aryl methyl sites for hydroxylation is 1. The normalized spacial score (nSPS) is 12.9. The van der Waals surface area contributed by atoms with Crippen LogP contribution in [0.4, 0.5) is 0 Å². The molecule has 0 saturated carbocycles. The first-order chi connectivity index (χ1) is 7.86. The van der Waals surface area contributed by atoms with Crippen LogP contribution < -0.4 is 10.0 Å². The van der Waals surface area contributed by atoms with Gasteiger partial charge >= 0.3 is 0 Å². The van der Waals surface area contributed by atoms with E-state index in [1.54, 1.807) is 19.2 Å². The molecular formula is C11H18BrClN2O2S. The minimum atomic E-state index is -3.46. The molecule has 0 aliphatic rings. The second-order valence-corrected chi connectivity index (χ2v) is 6.57. The maximum Gasteiger partial charge on any atom is 0.241 e. The van der Waals surface area contributed by atoms with Gasteiger partial charge in [-0.05, 0) is 54.5 Å². The molecule has 7 heteroatoms. The third kappa shape index (κ3) is 4.85. The van der Waals surface area contributed by atoms with Crippen molar-refractivity contribution in [3.05, 3.63) is 28.2 Å². The summed E-state index contributed by atoms with van der Waals surface area (Å²) in [6.45, 7) is 4.13. The van der Waals surface area contributed by atoms with Crippen LogP contribution in [0.25, 0.3) is 0 Å². The molecule has 1 atom stereocenters. The number of benzene rings is 1. The van der Waals surface area contributed by atoms with E-state index in [0.717, 1.165) is 5.56 Å². The van der Waals surface area contributed by atoms with Gasteiger partial charge in [0, 0.05) is 17.1 Å². The van der Waals surface area contributed by atoms with Crippen LogP contribution in [0.3, 0.4) is 0 Å². The molecular weight excluding hydrogens is 340 g/mol. The summed E-state index contributed by atoms with van der Waals surface area (Å²) in [7, 11) is -1.66. The highest BCUT2D eigenvalue weighted by Crippen LogP contribution is 2.22. The molecule has 0 aliphatic carbocycles. The van der Waals surface area contributed by atoms with E-state index in [1.807, 2.05) is 19.9 Å². The van der Waals surface area contributed by atoms with Crippen LogP contribution in [0.5, 0.6) is 0 Å². The summed E-state index contributed by atoms with van der Waals surface area (Å²) in [6, 6.07) is 5.34. The van der Waals surface area contributed by atoms with Crippen LogP contribution in [0.15, 0.2) is 27.6 Å². The van der Waals surface area contributed by atoms with Crippen LogP contribution in [0.1, 0.15) is 12.5 Å². The number of hydrogen-bond acceptors (Lipinski definition) is 3. The molecule has 1 rings (SSSR count). The highest BCUT2D eigenvalue weighted by atomic mass is 79.9. The Hall–Kier alpha value is -0.140. The van der Waals surface area contributed by atoms with E-state index >= 15 is 0 Å². The predicted molar refractivity (Wildman–Crippen MR) is 79.8 cm³/mol. The van der Waals surface area contributed by atoms with Crippen molar-refractivity contribution in [2.45, 2.75) is 24.8 Å². The average Bonchev–Trinajstić information content (AvgIpc) is 2.29. The molecule has 18 heavy (non-hydrogen) atoms. The smallest absolute Gasteiger partial charge is 0.241 e. The Balaban J connectivity index is 0.00000289. The molecule has 0 aromatic heterocycles. The predicted octanol–water partition coefficient (Wildman–Crippen LogP) is 2.07. The second-order valence-electron chi connectivity index (χ2n) is 3.98. The molecule has 1 unspecified atom stereocenters. The molecule has 104 valence electrons. The van der Waals surface area contributed by atoms with Gasteiger partial charge in [-0.15, -0.1) is 12.4 Å². The molecule has 0 saturated heterocycles. The first-order valence-corrected chi connectivity index (χ1v) is 7.57. The number of sulfonamides is 1. The lowest BCUT2D eigenvalue weighted by atomic mass is 10.2. The molecule has 0 aliphatic heterocycles. The second kappa shape index (κ2) is 7.45. The third-order valence-corrected chi connectivity index (χ3v) is 4.87. The van der Waals surface area contributed by atoms with Gasteiger partial charge in [-0.2, -0.15) is 0 Å². The zero-order chi connectivity index (χ0) is 13.1. The summed E-state index contributed by atoms with van der Waals surface area (Å²) in [6.07, 6.45) is 0. The van der Waals surface area contributed by atoms with Gasteiger partial charge in [0.1, 0.15) is 0 Å². The lowest BCUT2D eigenvalue weighted by molar-refractivity contribution is 0.554. The molecule has 1 aromatic carbocycles. The largest absolute Gasteiger partial charge is 0.316 e. The van der Waals surface area contributed by atoms with Crippen molar-refractivity contribution in [3.63, 3.8) is 0 Å². The standard InChI is InChI=1S/C11H17BrN2O2S.ClH/c1-8-4-5-10(12)11(6-8)17(15,16)14-7-9(2)13-3;/h4-6,9,13-14H,7H2,1-3H3;1H. The lowest BCUT2D eigenvalue weighted by Crippen LogP contribution is -2.37. The van der Waals surface area contributed by atoms with Crippen LogP contribution in [0.2, 0.25) is 0 Å². The van der Waals surface area contributed by atoms with Crippen molar-refractivity contribution < 1.29 is 8.42 Å². The van der Waals surface area contributed by atoms with Gasteiger partial charge < -0.3 is 5.32 Å². The van der Waals surface area contributed by atoms with Gasteiger partial charge in [-0.3, -0.25) is 0 Å². The maximum atomic E-state index is 12.1. The first kappa shape index (κ1) is 17.9. The van der Waals surface area contributed by atoms with E-state index in [9.17, 15) is 8.42 Å². The fourth-order valence-electron chi connectivity index (χ4n) is 1.23. The zero-order valence-electron chi connectivity index (χ0n) is 10.5. The van der Waals surface area contributed by atoms with Gasteiger partial charge in [-0.1, -0.05) is 6.07 Å². The Labute approximate surface area is 123 Å². The van der Waals surface area contributed by atoms with Crippen LogP contribution >= 0.6 is 28.3 Å². The molecule has 0 radical (unpaired) electrons. The number of hydrogen-bond donors (Lipinski definition) is 2. The van der Waals surface area contributed by atoms with Crippen molar-refractivity contribution in [1.29, 1.82) is 0 Å². The van der Waals surface area contributed by atoms with Crippen LogP contribution in [-0.2, 0) is 10.0 Å². The Bertz CT molecular complexity index is 494. The van der Waals surface area contributed by atoms with Gasteiger partial charge in [0.05, 0.1) is 4.90 Å². The maximum absolute atomic E-state index is 12.1. The molecule has 0 amide bonds. The summed E-state index contributed by atoms with van der Waals surface area (Å²) >= 11 is 3.26. The monoisotopic (exact) mass is 356 g/mol. The van der Waals surface area contributed by atoms with Crippen LogP contribution in [-0.4, -0.2) is 28.1 Å². The van der Waals surface area contributed by atoms with Crippen molar-refractivity contribution >= 4 is 38.4 Å². The summed E-state index contributed by atoms with van der Waals surface area (Å²) < 4.78 is 27.3. The molecule has 0 spiro atoms. The highest BCUT2D eigenvalue weighted by Gasteiger charge is 2.17. The number of rotatable bonds is 5. The SMILES string of the molecule is CNC(C)CNS(=O)(=O)c1cc(C)ccc1Br.Cl. The highest BCUT2D eigenvalue weighted by molar-refractivity contribution is 9.10. The Morgan fingerprint density at radius 1 is 1.39 bits per heavy atom. The van der Waals surface area contributed by atoms with Crippen molar-refractivity contribution in [2.24, 2.45) is 0 Å². The minimum Gasteiger partial charge on any atom is -0.316 e. The molecule has 0 heterocycles. The summed E-state index contributed by atoms with van der Waals surface area (Å²) in [5, 5.41) is 2.98. The van der Waals surface area contributed by atoms with Gasteiger partial charge in [-0.25, -0.2) is 13.1 Å². The topological polar surface area (TPSA) is 58.2 Å². The molecule has 2 N–H and O–H groups in total. The van der Waals surface area contributed by atoms with Gasteiger partial charge in [0.2, 0.25) is 10.0 Å². The van der Waals surface area contributed by atoms with Gasteiger partial charge in [0.15, 0.2) is 0 Å².